The van der Waals surface area contributed by atoms with Gasteiger partial charge in [-0.1, -0.05) is 6.92 Å². The lowest BCUT2D eigenvalue weighted by molar-refractivity contribution is -0.135. The largest absolute Gasteiger partial charge is 0.353 e. The lowest BCUT2D eigenvalue weighted by atomic mass is 10.1. The van der Waals surface area contributed by atoms with Crippen molar-refractivity contribution in [3.63, 3.8) is 0 Å². The van der Waals surface area contributed by atoms with Crippen molar-refractivity contribution in [1.29, 1.82) is 0 Å². The van der Waals surface area contributed by atoms with Gasteiger partial charge in [0.2, 0.25) is 11.8 Å². The van der Waals surface area contributed by atoms with Crippen molar-refractivity contribution in [2.75, 3.05) is 39.8 Å². The first-order chi connectivity index (χ1) is 8.60. The molecule has 1 unspecified atom stereocenters. The first-order valence-corrected chi connectivity index (χ1v) is 6.56. The van der Waals surface area contributed by atoms with Gasteiger partial charge in [0.25, 0.3) is 0 Å². The maximum absolute atomic E-state index is 12.0. The quantitative estimate of drug-likeness (QED) is 0.639. The molecule has 3 N–H and O–H groups in total. The number of carbonyl (C=O) groups is 2. The molecule has 104 valence electrons. The Morgan fingerprint density at radius 3 is 2.94 bits per heavy atom. The highest BCUT2D eigenvalue weighted by Gasteiger charge is 2.29. The van der Waals surface area contributed by atoms with E-state index in [4.69, 9.17) is 5.73 Å². The molecule has 1 atom stereocenters. The highest BCUT2D eigenvalue weighted by molar-refractivity contribution is 5.84. The predicted octanol–water partition coefficient (Wildman–Crippen LogP) is -0.996. The van der Waals surface area contributed by atoms with Crippen LogP contribution in [0.25, 0.3) is 0 Å². The molecule has 6 heteroatoms. The van der Waals surface area contributed by atoms with Gasteiger partial charge in [-0.3, -0.25) is 14.5 Å². The molecular formula is C12H24N4O2. The maximum Gasteiger partial charge on any atom is 0.237 e. The molecule has 1 fully saturated rings. The summed E-state index contributed by atoms with van der Waals surface area (Å²) in [6, 6.07) is -0.175. The second-order valence-electron chi connectivity index (χ2n) is 4.64. The summed E-state index contributed by atoms with van der Waals surface area (Å²) in [6.45, 7) is 4.89. The topological polar surface area (TPSA) is 78.7 Å². The second-order valence-corrected chi connectivity index (χ2v) is 4.64. The lowest BCUT2D eigenvalue weighted by Gasteiger charge is -2.34. The molecule has 2 amide bonds. The van der Waals surface area contributed by atoms with Crippen LogP contribution in [0.4, 0.5) is 0 Å². The van der Waals surface area contributed by atoms with E-state index in [-0.39, 0.29) is 17.9 Å². The highest BCUT2D eigenvalue weighted by atomic mass is 16.2. The van der Waals surface area contributed by atoms with Crippen LogP contribution in [0.5, 0.6) is 0 Å². The fraction of sp³-hybridized carbons (Fsp3) is 0.833. The van der Waals surface area contributed by atoms with Gasteiger partial charge in [0.05, 0.1) is 12.6 Å². The van der Waals surface area contributed by atoms with E-state index in [9.17, 15) is 9.59 Å². The summed E-state index contributed by atoms with van der Waals surface area (Å²) in [4.78, 5) is 27.3. The van der Waals surface area contributed by atoms with E-state index >= 15 is 0 Å². The summed E-state index contributed by atoms with van der Waals surface area (Å²) in [6.07, 6.45) is 1.53. The van der Waals surface area contributed by atoms with E-state index in [1.807, 2.05) is 11.8 Å². The molecule has 0 aromatic heterocycles. The van der Waals surface area contributed by atoms with Gasteiger partial charge in [0.15, 0.2) is 0 Å². The normalized spacial score (nSPS) is 20.6. The average molecular weight is 256 g/mol. The number of carbonyl (C=O) groups excluding carboxylic acids is 2. The molecule has 0 aliphatic carbocycles. The molecular weight excluding hydrogens is 232 g/mol. The fourth-order valence-electron chi connectivity index (χ4n) is 2.14. The van der Waals surface area contributed by atoms with Crippen LogP contribution < -0.4 is 11.1 Å². The van der Waals surface area contributed by atoms with Crippen molar-refractivity contribution in [2.45, 2.75) is 25.8 Å². The molecule has 1 rings (SSSR count). The molecule has 1 saturated heterocycles. The average Bonchev–Trinajstić information content (AvgIpc) is 2.36. The molecule has 1 aliphatic heterocycles. The molecule has 0 aromatic rings. The molecule has 0 spiro atoms. The van der Waals surface area contributed by atoms with Gasteiger partial charge in [-0.05, 0) is 19.4 Å². The Morgan fingerprint density at radius 1 is 1.61 bits per heavy atom. The Morgan fingerprint density at radius 2 is 2.33 bits per heavy atom. The van der Waals surface area contributed by atoms with Gasteiger partial charge in [-0.2, -0.15) is 0 Å². The van der Waals surface area contributed by atoms with Crippen molar-refractivity contribution >= 4 is 11.8 Å². The first kappa shape index (κ1) is 14.9. The molecule has 0 aromatic carbocycles. The third-order valence-electron chi connectivity index (χ3n) is 3.29. The molecule has 6 nitrogen and oxygen atoms in total. The fourth-order valence-corrected chi connectivity index (χ4v) is 2.14. The number of hydrogen-bond donors (Lipinski definition) is 2. The van der Waals surface area contributed by atoms with E-state index < -0.39 is 0 Å². The van der Waals surface area contributed by atoms with Crippen molar-refractivity contribution in [3.05, 3.63) is 0 Å². The number of amides is 2. The van der Waals surface area contributed by atoms with E-state index in [0.717, 1.165) is 19.4 Å². The number of hydrogen-bond acceptors (Lipinski definition) is 4. The zero-order valence-electron chi connectivity index (χ0n) is 11.3. The molecule has 1 heterocycles. The standard InChI is InChI=1S/C12H24N4O2/c1-3-10-12(18)14-6-8-16(10)9-11(17)15(2)7-4-5-13/h10H,3-9,13H2,1-2H3,(H,14,18). The molecule has 0 bridgehead atoms. The Balaban J connectivity index is 2.49. The highest BCUT2D eigenvalue weighted by Crippen LogP contribution is 2.08. The molecule has 18 heavy (non-hydrogen) atoms. The Labute approximate surface area is 108 Å². The van der Waals surface area contributed by atoms with Gasteiger partial charge >= 0.3 is 0 Å². The van der Waals surface area contributed by atoms with Crippen LogP contribution in [0.1, 0.15) is 19.8 Å². The summed E-state index contributed by atoms with van der Waals surface area (Å²) in [5, 5.41) is 2.83. The van der Waals surface area contributed by atoms with Gasteiger partial charge in [0.1, 0.15) is 0 Å². The van der Waals surface area contributed by atoms with Crippen LogP contribution in [0, 0.1) is 0 Å². The predicted molar refractivity (Wildman–Crippen MR) is 70.0 cm³/mol. The van der Waals surface area contributed by atoms with Crippen LogP contribution in [-0.2, 0) is 9.59 Å². The van der Waals surface area contributed by atoms with Crippen molar-refractivity contribution < 1.29 is 9.59 Å². The first-order valence-electron chi connectivity index (χ1n) is 6.56. The number of nitrogens with one attached hydrogen (secondary N) is 1. The van der Waals surface area contributed by atoms with Crippen LogP contribution in [0.3, 0.4) is 0 Å². The third-order valence-corrected chi connectivity index (χ3v) is 3.29. The SMILES string of the molecule is CCC1C(=O)NCCN1CC(=O)N(C)CCCN. The van der Waals surface area contributed by atoms with E-state index in [0.29, 0.717) is 26.2 Å². The molecule has 0 saturated carbocycles. The van der Waals surface area contributed by atoms with Gasteiger partial charge in [0, 0.05) is 26.7 Å². The van der Waals surface area contributed by atoms with Crippen LogP contribution >= 0.6 is 0 Å². The van der Waals surface area contributed by atoms with Crippen LogP contribution in [-0.4, -0.2) is 67.4 Å². The second kappa shape index (κ2) is 7.33. The summed E-state index contributed by atoms with van der Waals surface area (Å²) in [5.74, 6) is 0.0813. The Hall–Kier alpha value is -1.14. The van der Waals surface area contributed by atoms with E-state index in [1.165, 1.54) is 0 Å². The monoisotopic (exact) mass is 256 g/mol. The van der Waals surface area contributed by atoms with Gasteiger partial charge < -0.3 is 16.0 Å². The number of nitrogens with zero attached hydrogens (tertiary/aromatic N) is 2. The third kappa shape index (κ3) is 3.96. The van der Waals surface area contributed by atoms with Gasteiger partial charge in [-0.25, -0.2) is 0 Å². The molecule has 0 radical (unpaired) electrons. The maximum atomic E-state index is 12.0. The van der Waals surface area contributed by atoms with E-state index in [2.05, 4.69) is 5.32 Å². The Bertz CT molecular complexity index is 296. The summed E-state index contributed by atoms with van der Waals surface area (Å²) in [7, 11) is 1.78. The zero-order valence-corrected chi connectivity index (χ0v) is 11.3. The van der Waals surface area contributed by atoms with Crippen LogP contribution in [0.2, 0.25) is 0 Å². The minimum atomic E-state index is -0.175. The summed E-state index contributed by atoms with van der Waals surface area (Å²) >= 11 is 0. The summed E-state index contributed by atoms with van der Waals surface area (Å²) < 4.78 is 0. The molecule has 1 aliphatic rings. The van der Waals surface area contributed by atoms with Crippen molar-refractivity contribution in [2.24, 2.45) is 5.73 Å². The minimum Gasteiger partial charge on any atom is -0.353 e. The van der Waals surface area contributed by atoms with Crippen molar-refractivity contribution in [1.82, 2.24) is 15.1 Å². The van der Waals surface area contributed by atoms with Crippen LogP contribution in [0.15, 0.2) is 0 Å². The lowest BCUT2D eigenvalue weighted by Crippen LogP contribution is -2.57. The minimum absolute atomic E-state index is 0.0289. The van der Waals surface area contributed by atoms with Gasteiger partial charge in [-0.15, -0.1) is 0 Å². The number of nitrogens with two attached hydrogens (primary N) is 1. The van der Waals surface area contributed by atoms with E-state index in [1.54, 1.807) is 11.9 Å². The number of rotatable bonds is 6. The van der Waals surface area contributed by atoms with Crippen molar-refractivity contribution in [3.8, 4) is 0 Å². The smallest absolute Gasteiger partial charge is 0.237 e. The number of likely N-dealkylation sites (N-methyl/N-ethyl adjacent to an activating group) is 1. The summed E-state index contributed by atoms with van der Waals surface area (Å²) in [5.41, 5.74) is 5.42. The number of piperazine rings is 1. The Kier molecular flexibility index (Phi) is 6.07. The zero-order chi connectivity index (χ0) is 13.5.